The third-order valence-electron chi connectivity index (χ3n) is 17.9. The van der Waals surface area contributed by atoms with Gasteiger partial charge in [0.25, 0.3) is 6.71 Å². The molecule has 73 heavy (non-hydrogen) atoms. The molecule has 0 radical (unpaired) electrons. The van der Waals surface area contributed by atoms with Crippen LogP contribution in [0.4, 0.5) is 45.5 Å². The highest BCUT2D eigenvalue weighted by Crippen LogP contribution is 2.62. The quantitative estimate of drug-likeness (QED) is 0.163. The lowest BCUT2D eigenvalue weighted by atomic mass is 9.33. The summed E-state index contributed by atoms with van der Waals surface area (Å²) in [5, 5.41) is 2.66. The van der Waals surface area contributed by atoms with E-state index < -0.39 is 0 Å². The molecule has 1 aliphatic carbocycles. The van der Waals surface area contributed by atoms with Gasteiger partial charge < -0.3 is 14.7 Å². The zero-order chi connectivity index (χ0) is 50.6. The monoisotopic (exact) mass is 970 g/mol. The number of para-hydroxylation sites is 1. The maximum Gasteiger partial charge on any atom is 0.254 e. The van der Waals surface area contributed by atoms with Crippen LogP contribution < -0.4 is 31.1 Å². The van der Waals surface area contributed by atoms with Crippen molar-refractivity contribution in [1.29, 1.82) is 0 Å². The summed E-state index contributed by atoms with van der Waals surface area (Å²) < 4.78 is 2.70. The average Bonchev–Trinajstić information content (AvgIpc) is 3.87. The summed E-state index contributed by atoms with van der Waals surface area (Å²) in [6.07, 6.45) is 4.78. The number of hydrogen-bond donors (Lipinski definition) is 0. The fraction of sp³-hybridized carbons (Fsp3) is 0.294. The van der Waals surface area contributed by atoms with Crippen LogP contribution in [0, 0.1) is 0 Å². The molecular weight excluding hydrogens is 902 g/mol. The summed E-state index contributed by atoms with van der Waals surface area (Å²) in [4.78, 5) is 8.15. The first-order valence-electron chi connectivity index (χ1n) is 26.9. The minimum atomic E-state index is -0.132. The van der Waals surface area contributed by atoms with Crippen LogP contribution in [0.25, 0.3) is 31.3 Å². The van der Waals surface area contributed by atoms with Gasteiger partial charge in [-0.15, -0.1) is 11.3 Å². The second kappa shape index (κ2) is 16.0. The molecule has 0 amide bonds. The van der Waals surface area contributed by atoms with E-state index in [0.29, 0.717) is 0 Å². The summed E-state index contributed by atoms with van der Waals surface area (Å²) >= 11 is 1.97. The molecule has 2 unspecified atom stereocenters. The Morgan fingerprint density at radius 1 is 0.466 bits per heavy atom. The van der Waals surface area contributed by atoms with Crippen molar-refractivity contribution in [2.45, 2.75) is 129 Å². The van der Waals surface area contributed by atoms with Gasteiger partial charge >= 0.3 is 0 Å². The summed E-state index contributed by atoms with van der Waals surface area (Å²) in [6.45, 7) is 26.2. The van der Waals surface area contributed by atoms with Gasteiger partial charge in [-0.05, 0) is 146 Å². The Labute approximate surface area is 438 Å². The molecule has 1 aromatic heterocycles. The van der Waals surface area contributed by atoms with Crippen LogP contribution in [0.15, 0.2) is 164 Å². The highest BCUT2D eigenvalue weighted by atomic mass is 32.1. The van der Waals surface area contributed by atoms with Gasteiger partial charge in [0.1, 0.15) is 0 Å². The first-order chi connectivity index (χ1) is 34.8. The predicted molar refractivity (Wildman–Crippen MR) is 318 cm³/mol. The molecule has 364 valence electrons. The lowest BCUT2D eigenvalue weighted by Crippen LogP contribution is -2.62. The standard InChI is InChI=1S/C68H68BN3S/c1-64(2,3)44-27-31-47(32-28-44)70-56-35-30-46(66(7,8)9)40-53(56)69-61-58(70)41-48(72-55-25-17-16-24-52(55)67(10)37-19-20-38-68(67,72)11)42-59(61)71(57-36-33-50-49-23-15-18-26-60(49)73-63(50)62(57)69)54-34-29-45(65(4,5)6)39-51(54)43-21-13-12-14-22-43/h12-18,21-36,39-42H,19-20,37-38H2,1-11H3. The molecule has 1 saturated carbocycles. The van der Waals surface area contributed by atoms with Gasteiger partial charge in [0.15, 0.2) is 0 Å². The van der Waals surface area contributed by atoms with Crippen molar-refractivity contribution < 1.29 is 0 Å². The molecule has 13 rings (SSSR count). The summed E-state index contributed by atoms with van der Waals surface area (Å²) in [7, 11) is 0. The first-order valence-corrected chi connectivity index (χ1v) is 27.7. The number of rotatable bonds is 4. The Morgan fingerprint density at radius 2 is 1.07 bits per heavy atom. The van der Waals surface area contributed by atoms with Crippen LogP contribution in [-0.4, -0.2) is 12.3 Å². The fourth-order valence-electron chi connectivity index (χ4n) is 13.6. The van der Waals surface area contributed by atoms with Crippen LogP contribution in [0.5, 0.6) is 0 Å². The smallest absolute Gasteiger partial charge is 0.254 e. The van der Waals surface area contributed by atoms with E-state index in [1.54, 1.807) is 0 Å². The third kappa shape index (κ3) is 6.83. The summed E-state index contributed by atoms with van der Waals surface area (Å²) in [6, 6.07) is 64.1. The lowest BCUT2D eigenvalue weighted by molar-refractivity contribution is 0.195. The van der Waals surface area contributed by atoms with Crippen molar-refractivity contribution in [1.82, 2.24) is 0 Å². The van der Waals surface area contributed by atoms with Gasteiger partial charge in [0, 0.05) is 65.6 Å². The Morgan fingerprint density at radius 3 is 1.79 bits per heavy atom. The van der Waals surface area contributed by atoms with Gasteiger partial charge in [-0.25, -0.2) is 0 Å². The number of thiophene rings is 1. The van der Waals surface area contributed by atoms with Crippen LogP contribution >= 0.6 is 11.3 Å². The number of benzene rings is 8. The molecule has 0 bridgehead atoms. The summed E-state index contributed by atoms with van der Waals surface area (Å²) in [5.74, 6) is 0. The Hall–Kier alpha value is -6.56. The Kier molecular flexibility index (Phi) is 10.1. The number of fused-ring (bicyclic) bond motifs is 11. The van der Waals surface area contributed by atoms with Crippen molar-refractivity contribution in [2.24, 2.45) is 0 Å². The predicted octanol–water partition coefficient (Wildman–Crippen LogP) is 17.4. The number of anilines is 8. The van der Waals surface area contributed by atoms with E-state index in [1.807, 2.05) is 11.3 Å². The molecule has 4 heterocycles. The maximum atomic E-state index is 2.80. The minimum absolute atomic E-state index is 0.00171. The second-order valence-corrected chi connectivity index (χ2v) is 26.4. The molecule has 0 saturated heterocycles. The van der Waals surface area contributed by atoms with Gasteiger partial charge in [-0.3, -0.25) is 0 Å². The average molecular weight is 970 g/mol. The second-order valence-electron chi connectivity index (χ2n) is 25.3. The van der Waals surface area contributed by atoms with Gasteiger partial charge in [0.05, 0.1) is 11.2 Å². The van der Waals surface area contributed by atoms with Crippen molar-refractivity contribution in [3.05, 3.63) is 186 Å². The lowest BCUT2D eigenvalue weighted by Gasteiger charge is -2.51. The zero-order valence-corrected chi connectivity index (χ0v) is 45.6. The maximum absolute atomic E-state index is 2.80. The van der Waals surface area contributed by atoms with Gasteiger partial charge in [0.2, 0.25) is 0 Å². The molecule has 0 spiro atoms. The fourth-order valence-corrected chi connectivity index (χ4v) is 14.9. The molecule has 4 aliphatic rings. The molecular formula is C68H68BN3S. The first kappa shape index (κ1) is 46.2. The van der Waals surface area contributed by atoms with E-state index in [1.165, 1.54) is 135 Å². The highest BCUT2D eigenvalue weighted by molar-refractivity contribution is 7.28. The molecule has 8 aromatic carbocycles. The van der Waals surface area contributed by atoms with E-state index in [2.05, 4.69) is 255 Å². The molecule has 2 atom stereocenters. The van der Waals surface area contributed by atoms with E-state index >= 15 is 0 Å². The topological polar surface area (TPSA) is 9.72 Å². The molecule has 9 aromatic rings. The van der Waals surface area contributed by atoms with Crippen LogP contribution in [0.3, 0.4) is 0 Å². The molecule has 3 nitrogen and oxygen atoms in total. The van der Waals surface area contributed by atoms with E-state index in [4.69, 9.17) is 0 Å². The third-order valence-corrected chi connectivity index (χ3v) is 19.1. The minimum Gasteiger partial charge on any atom is -0.334 e. The summed E-state index contributed by atoms with van der Waals surface area (Å²) in [5.41, 5.74) is 21.9. The largest absolute Gasteiger partial charge is 0.334 e. The Balaban J connectivity index is 1.20. The highest BCUT2D eigenvalue weighted by Gasteiger charge is 2.58. The van der Waals surface area contributed by atoms with Crippen molar-refractivity contribution in [2.75, 3.05) is 14.7 Å². The number of hydrogen-bond acceptors (Lipinski definition) is 4. The van der Waals surface area contributed by atoms with Crippen molar-refractivity contribution in [3.63, 3.8) is 0 Å². The van der Waals surface area contributed by atoms with E-state index in [-0.39, 0.29) is 33.9 Å². The molecule has 5 heteroatoms. The van der Waals surface area contributed by atoms with Gasteiger partial charge in [-0.1, -0.05) is 185 Å². The van der Waals surface area contributed by atoms with Crippen LogP contribution in [0.1, 0.15) is 124 Å². The van der Waals surface area contributed by atoms with E-state index in [9.17, 15) is 0 Å². The van der Waals surface area contributed by atoms with Crippen molar-refractivity contribution >= 4 is 100 Å². The van der Waals surface area contributed by atoms with Crippen molar-refractivity contribution in [3.8, 4) is 11.1 Å². The van der Waals surface area contributed by atoms with Crippen LogP contribution in [-0.2, 0) is 21.7 Å². The number of nitrogens with zero attached hydrogens (tertiary/aromatic N) is 3. The van der Waals surface area contributed by atoms with Crippen LogP contribution in [0.2, 0.25) is 0 Å². The molecule has 3 aliphatic heterocycles. The zero-order valence-electron chi connectivity index (χ0n) is 44.7. The van der Waals surface area contributed by atoms with E-state index in [0.717, 1.165) is 6.42 Å². The molecule has 0 N–H and O–H groups in total. The van der Waals surface area contributed by atoms with Gasteiger partial charge in [-0.2, -0.15) is 0 Å². The normalized spacial score (nSPS) is 19.2. The SMILES string of the molecule is CC(C)(C)c1ccc(N2c3ccc(C(C)(C)C)cc3B3c4c2cc(N2c5ccccc5C5(C)CCCCC25C)cc4N(c2ccc(C(C)(C)C)cc2-c2ccccc2)c2ccc4c(sc5ccccc54)c23)cc1. The molecule has 1 fully saturated rings. The Bertz CT molecular complexity index is 3700.